The molecule has 10 rings (SSSR count). The summed E-state index contributed by atoms with van der Waals surface area (Å²) >= 11 is 0. The summed E-state index contributed by atoms with van der Waals surface area (Å²) in [6.45, 7) is 16.4. The number of fused-ring (bicyclic) bond motifs is 4. The average molecular weight is 809 g/mol. The zero-order chi connectivity index (χ0) is 42.8. The van der Waals surface area contributed by atoms with Gasteiger partial charge in [-0.15, -0.1) is 0 Å². The Balaban J connectivity index is 1.02. The number of aryl methyl sites for hydroxylation is 1. The minimum Gasteiger partial charge on any atom is -0.457 e. The van der Waals surface area contributed by atoms with Gasteiger partial charge in [0.25, 0.3) is 0 Å². The lowest BCUT2D eigenvalue weighted by Crippen LogP contribution is -2.24. The normalized spacial score (nSPS) is 13.0. The van der Waals surface area contributed by atoms with Gasteiger partial charge in [0.1, 0.15) is 24.0 Å². The molecule has 5 heteroatoms. The Morgan fingerprint density at radius 1 is 0.484 bits per heavy atom. The monoisotopic (exact) mass is 808 g/mol. The molecule has 0 spiro atoms. The highest BCUT2D eigenvalue weighted by molar-refractivity contribution is 6.10. The topological polar surface area (TPSA) is 33.5 Å². The fourth-order valence-electron chi connectivity index (χ4n) is 8.88. The molecule has 0 N–H and O–H groups in total. The van der Waals surface area contributed by atoms with Gasteiger partial charge >= 0.3 is 0 Å². The van der Waals surface area contributed by atoms with E-state index in [1.54, 1.807) is 0 Å². The van der Waals surface area contributed by atoms with Crippen molar-refractivity contribution in [3.63, 3.8) is 0 Å². The molecule has 0 fully saturated rings. The maximum Gasteiger partial charge on any atom is 0.137 e. The number of anilines is 4. The second kappa shape index (κ2) is 15.1. The Kier molecular flexibility index (Phi) is 9.52. The predicted octanol–water partition coefficient (Wildman–Crippen LogP) is 15.5. The van der Waals surface area contributed by atoms with Gasteiger partial charge in [-0.2, -0.15) is 0 Å². The third-order valence-electron chi connectivity index (χ3n) is 12.4. The molecule has 7 aromatic carbocycles. The number of nitrogens with zero attached hydrogens (tertiary/aromatic N) is 4. The van der Waals surface area contributed by atoms with Crippen molar-refractivity contribution >= 4 is 44.6 Å². The van der Waals surface area contributed by atoms with Crippen LogP contribution in [0.4, 0.5) is 22.7 Å². The zero-order valence-corrected chi connectivity index (χ0v) is 36.6. The molecular weight excluding hydrogens is 757 g/mol. The SMILES string of the molecule is Cc1cc(-n2c3ccc(-c4ccccc4)cc3c3ccc(Oc4cccc(N5CN(c6cccc(C(C)(C)C)c6)c6ccccc65)c4)cc32)ncc1-c1ccc(C(C)(C)C)cc1. The van der Waals surface area contributed by atoms with E-state index in [4.69, 9.17) is 9.72 Å². The summed E-state index contributed by atoms with van der Waals surface area (Å²) in [7, 11) is 0. The van der Waals surface area contributed by atoms with Crippen LogP contribution in [-0.4, -0.2) is 16.2 Å². The van der Waals surface area contributed by atoms with Crippen LogP contribution >= 0.6 is 0 Å². The van der Waals surface area contributed by atoms with Crippen LogP contribution in [0, 0.1) is 6.92 Å². The molecule has 1 aliphatic rings. The maximum absolute atomic E-state index is 6.78. The molecule has 0 atom stereocenters. The summed E-state index contributed by atoms with van der Waals surface area (Å²) < 4.78 is 9.06. The fraction of sp³-hybridized carbons (Fsp3) is 0.175. The molecule has 62 heavy (non-hydrogen) atoms. The lowest BCUT2D eigenvalue weighted by molar-refractivity contribution is 0.483. The standard InChI is InChI=1S/C57H52N4O/c1-38-31-55(58-36-50(38)40-23-26-42(27-24-40)56(2,3)4)61-51-30-25-41(39-15-9-8-10-16-39)32-49(51)48-29-28-47(35-54(48)61)62-46-20-14-19-45(34-46)60-37-59(52-21-11-12-22-53(52)60)44-18-13-17-43(33-44)57(5,6)7/h8-36H,37H2,1-7H3. The number of pyridine rings is 1. The van der Waals surface area contributed by atoms with Crippen molar-refractivity contribution in [3.8, 4) is 39.6 Å². The molecule has 0 radical (unpaired) electrons. The van der Waals surface area contributed by atoms with Gasteiger partial charge < -0.3 is 14.5 Å². The molecule has 0 saturated heterocycles. The van der Waals surface area contributed by atoms with Gasteiger partial charge in [0.05, 0.1) is 22.4 Å². The predicted molar refractivity (Wildman–Crippen MR) is 260 cm³/mol. The molecule has 5 nitrogen and oxygen atoms in total. The van der Waals surface area contributed by atoms with E-state index in [2.05, 4.69) is 227 Å². The van der Waals surface area contributed by atoms with E-state index in [1.807, 2.05) is 12.3 Å². The Morgan fingerprint density at radius 2 is 1.13 bits per heavy atom. The summed E-state index contributed by atoms with van der Waals surface area (Å²) in [6.07, 6.45) is 2.03. The molecule has 9 aromatic rings. The maximum atomic E-state index is 6.78. The van der Waals surface area contributed by atoms with Crippen LogP contribution in [0.5, 0.6) is 11.5 Å². The van der Waals surface area contributed by atoms with Crippen LogP contribution in [0.1, 0.15) is 58.2 Å². The van der Waals surface area contributed by atoms with Crippen molar-refractivity contribution in [2.75, 3.05) is 16.5 Å². The number of benzene rings is 7. The molecule has 1 aliphatic heterocycles. The molecular formula is C57H52N4O. The number of ether oxygens (including phenoxy) is 1. The van der Waals surface area contributed by atoms with E-state index >= 15 is 0 Å². The Hall–Kier alpha value is -7.11. The lowest BCUT2D eigenvalue weighted by Gasteiger charge is -2.25. The van der Waals surface area contributed by atoms with Gasteiger partial charge in [0.15, 0.2) is 0 Å². The quantitative estimate of drug-likeness (QED) is 0.161. The first kappa shape index (κ1) is 39.1. The number of hydrogen-bond acceptors (Lipinski definition) is 4. The number of rotatable bonds is 7. The molecule has 2 aromatic heterocycles. The summed E-state index contributed by atoms with van der Waals surface area (Å²) in [4.78, 5) is 9.93. The van der Waals surface area contributed by atoms with Crippen LogP contribution < -0.4 is 14.5 Å². The molecule has 0 amide bonds. The third kappa shape index (κ3) is 7.17. The average Bonchev–Trinajstić information content (AvgIpc) is 3.82. The first-order valence-electron chi connectivity index (χ1n) is 21.6. The minimum atomic E-state index is 0.0581. The van der Waals surface area contributed by atoms with E-state index < -0.39 is 0 Å². The Morgan fingerprint density at radius 3 is 1.82 bits per heavy atom. The number of aromatic nitrogens is 2. The molecule has 0 saturated carbocycles. The first-order chi connectivity index (χ1) is 29.9. The highest BCUT2D eigenvalue weighted by atomic mass is 16.5. The number of para-hydroxylation sites is 2. The highest BCUT2D eigenvalue weighted by Gasteiger charge is 2.29. The fourth-order valence-corrected chi connectivity index (χ4v) is 8.88. The summed E-state index contributed by atoms with van der Waals surface area (Å²) in [5.41, 5.74) is 15.4. The summed E-state index contributed by atoms with van der Waals surface area (Å²) in [5, 5.41) is 2.31. The van der Waals surface area contributed by atoms with Crippen molar-refractivity contribution in [3.05, 3.63) is 193 Å². The van der Waals surface area contributed by atoms with Crippen LogP contribution in [0.2, 0.25) is 0 Å². The van der Waals surface area contributed by atoms with E-state index in [0.29, 0.717) is 6.67 Å². The van der Waals surface area contributed by atoms with Gasteiger partial charge in [0.2, 0.25) is 0 Å². The second-order valence-electron chi connectivity index (χ2n) is 18.7. The van der Waals surface area contributed by atoms with Crippen LogP contribution in [0.25, 0.3) is 49.9 Å². The lowest BCUT2D eigenvalue weighted by atomic mass is 9.86. The van der Waals surface area contributed by atoms with Crippen LogP contribution in [0.15, 0.2) is 176 Å². The molecule has 306 valence electrons. The molecule has 3 heterocycles. The van der Waals surface area contributed by atoms with Gasteiger partial charge in [-0.25, -0.2) is 4.98 Å². The van der Waals surface area contributed by atoms with E-state index in [9.17, 15) is 0 Å². The van der Waals surface area contributed by atoms with Crippen molar-refractivity contribution in [1.29, 1.82) is 0 Å². The van der Waals surface area contributed by atoms with Crippen LogP contribution in [0.3, 0.4) is 0 Å². The van der Waals surface area contributed by atoms with Crippen molar-refractivity contribution in [2.24, 2.45) is 0 Å². The molecule has 0 unspecified atom stereocenters. The smallest absolute Gasteiger partial charge is 0.137 e. The largest absolute Gasteiger partial charge is 0.457 e. The van der Waals surface area contributed by atoms with Gasteiger partial charge in [-0.05, 0) is 118 Å². The molecule has 0 bridgehead atoms. The number of hydrogen-bond donors (Lipinski definition) is 0. The van der Waals surface area contributed by atoms with Crippen molar-refractivity contribution in [1.82, 2.24) is 9.55 Å². The molecule has 0 aliphatic carbocycles. The minimum absolute atomic E-state index is 0.0581. The van der Waals surface area contributed by atoms with E-state index in [1.165, 1.54) is 55.8 Å². The van der Waals surface area contributed by atoms with Gasteiger partial charge in [0, 0.05) is 46.0 Å². The third-order valence-corrected chi connectivity index (χ3v) is 12.4. The Bertz CT molecular complexity index is 3110. The van der Waals surface area contributed by atoms with Crippen molar-refractivity contribution < 1.29 is 4.74 Å². The van der Waals surface area contributed by atoms with E-state index in [-0.39, 0.29) is 10.8 Å². The van der Waals surface area contributed by atoms with Crippen LogP contribution in [-0.2, 0) is 10.8 Å². The second-order valence-corrected chi connectivity index (χ2v) is 18.7. The zero-order valence-electron chi connectivity index (χ0n) is 36.6. The summed E-state index contributed by atoms with van der Waals surface area (Å²) in [6, 6.07) is 61.0. The van der Waals surface area contributed by atoms with Gasteiger partial charge in [-0.1, -0.05) is 133 Å². The van der Waals surface area contributed by atoms with Gasteiger partial charge in [-0.3, -0.25) is 4.57 Å². The highest BCUT2D eigenvalue weighted by Crippen LogP contribution is 2.46. The van der Waals surface area contributed by atoms with Crippen molar-refractivity contribution in [2.45, 2.75) is 59.3 Å². The summed E-state index contributed by atoms with van der Waals surface area (Å²) in [5.74, 6) is 2.41. The first-order valence-corrected chi connectivity index (χ1v) is 21.6. The van der Waals surface area contributed by atoms with E-state index in [0.717, 1.165) is 45.0 Å². The Labute approximate surface area is 365 Å².